The van der Waals surface area contributed by atoms with Gasteiger partial charge in [-0.05, 0) is 37.0 Å². The SMILES string of the molecule is NC(Cc1ccc2[nH]c(=O)oc2c1)C(=O)N1CCN(C2CCCCC2)CC1. The quantitative estimate of drug-likeness (QED) is 0.847. The summed E-state index contributed by atoms with van der Waals surface area (Å²) >= 11 is 0. The van der Waals surface area contributed by atoms with Gasteiger partial charge in [0.1, 0.15) is 0 Å². The van der Waals surface area contributed by atoms with Crippen molar-refractivity contribution in [1.29, 1.82) is 0 Å². The van der Waals surface area contributed by atoms with Gasteiger partial charge in [0, 0.05) is 32.2 Å². The Kier molecular flexibility index (Phi) is 5.31. The number of hydrogen-bond donors (Lipinski definition) is 2. The van der Waals surface area contributed by atoms with Crippen molar-refractivity contribution in [1.82, 2.24) is 14.8 Å². The number of aromatic amines is 1. The predicted molar refractivity (Wildman–Crippen MR) is 104 cm³/mol. The minimum atomic E-state index is -0.575. The van der Waals surface area contributed by atoms with E-state index in [1.165, 1.54) is 32.1 Å². The number of H-pyrrole nitrogens is 1. The van der Waals surface area contributed by atoms with Gasteiger partial charge in [0.2, 0.25) is 5.91 Å². The highest BCUT2D eigenvalue weighted by Gasteiger charge is 2.29. The highest BCUT2D eigenvalue weighted by atomic mass is 16.4. The average molecular weight is 372 g/mol. The number of benzene rings is 1. The molecule has 4 rings (SSSR count). The van der Waals surface area contributed by atoms with Crippen molar-refractivity contribution >= 4 is 17.0 Å². The molecule has 2 fully saturated rings. The summed E-state index contributed by atoms with van der Waals surface area (Å²) in [5.41, 5.74) is 8.25. The van der Waals surface area contributed by atoms with Crippen molar-refractivity contribution in [2.24, 2.45) is 5.73 Å². The van der Waals surface area contributed by atoms with Gasteiger partial charge in [-0.1, -0.05) is 25.3 Å². The number of nitrogens with one attached hydrogen (secondary N) is 1. The first-order chi connectivity index (χ1) is 13.1. The molecule has 1 saturated heterocycles. The predicted octanol–water partition coefficient (Wildman–Crippen LogP) is 1.47. The molecule has 1 saturated carbocycles. The third-order valence-electron chi connectivity index (χ3n) is 5.98. The van der Waals surface area contributed by atoms with E-state index >= 15 is 0 Å². The molecule has 1 amide bonds. The summed E-state index contributed by atoms with van der Waals surface area (Å²) in [6.07, 6.45) is 7.06. The van der Waals surface area contributed by atoms with Gasteiger partial charge >= 0.3 is 5.76 Å². The maximum Gasteiger partial charge on any atom is 0.417 e. The van der Waals surface area contributed by atoms with Crippen LogP contribution in [-0.4, -0.2) is 59.0 Å². The normalized spacial score (nSPS) is 20.9. The van der Waals surface area contributed by atoms with Crippen LogP contribution in [0.5, 0.6) is 0 Å². The lowest BCUT2D eigenvalue weighted by Crippen LogP contribution is -2.55. The maximum absolute atomic E-state index is 12.8. The van der Waals surface area contributed by atoms with Crippen molar-refractivity contribution in [2.45, 2.75) is 50.6 Å². The molecule has 0 bridgehead atoms. The summed E-state index contributed by atoms with van der Waals surface area (Å²) in [5, 5.41) is 0. The lowest BCUT2D eigenvalue weighted by atomic mass is 9.94. The van der Waals surface area contributed by atoms with Crippen molar-refractivity contribution < 1.29 is 9.21 Å². The molecule has 0 radical (unpaired) electrons. The van der Waals surface area contributed by atoms with Crippen LogP contribution < -0.4 is 11.5 Å². The second-order valence-electron chi connectivity index (χ2n) is 7.81. The molecule has 27 heavy (non-hydrogen) atoms. The van der Waals surface area contributed by atoms with Crippen molar-refractivity contribution in [3.8, 4) is 0 Å². The van der Waals surface area contributed by atoms with Gasteiger partial charge in [-0.15, -0.1) is 0 Å². The lowest BCUT2D eigenvalue weighted by Gasteiger charge is -2.41. The Bertz CT molecular complexity index is 844. The number of fused-ring (bicyclic) bond motifs is 1. The molecule has 1 aliphatic carbocycles. The van der Waals surface area contributed by atoms with Gasteiger partial charge in [0.05, 0.1) is 11.6 Å². The lowest BCUT2D eigenvalue weighted by molar-refractivity contribution is -0.134. The Morgan fingerprint density at radius 3 is 2.67 bits per heavy atom. The summed E-state index contributed by atoms with van der Waals surface area (Å²) in [6, 6.07) is 5.57. The molecule has 1 unspecified atom stereocenters. The minimum Gasteiger partial charge on any atom is -0.408 e. The zero-order valence-corrected chi connectivity index (χ0v) is 15.7. The van der Waals surface area contributed by atoms with E-state index in [0.29, 0.717) is 23.6 Å². The fraction of sp³-hybridized carbons (Fsp3) is 0.600. The third kappa shape index (κ3) is 4.09. The number of carbonyl (C=O) groups excluding carboxylic acids is 1. The number of amides is 1. The van der Waals surface area contributed by atoms with Gasteiger partial charge in [-0.25, -0.2) is 4.79 Å². The second kappa shape index (κ2) is 7.86. The molecule has 2 aromatic rings. The summed E-state index contributed by atoms with van der Waals surface area (Å²) < 4.78 is 5.08. The standard InChI is InChI=1S/C20H28N4O3/c21-16(12-14-6-7-17-18(13-14)27-20(26)22-17)19(25)24-10-8-23(9-11-24)15-4-2-1-3-5-15/h6-7,13,15-16H,1-5,8-12,21H2,(H,22,26). The van der Waals surface area contributed by atoms with E-state index in [9.17, 15) is 9.59 Å². The van der Waals surface area contributed by atoms with Crippen LogP contribution >= 0.6 is 0 Å². The Hall–Kier alpha value is -2.12. The van der Waals surface area contributed by atoms with Gasteiger partial charge in [-0.2, -0.15) is 0 Å². The molecular weight excluding hydrogens is 344 g/mol. The number of aromatic nitrogens is 1. The molecule has 7 heteroatoms. The van der Waals surface area contributed by atoms with Crippen LogP contribution in [0.1, 0.15) is 37.7 Å². The third-order valence-corrected chi connectivity index (χ3v) is 5.98. The van der Waals surface area contributed by atoms with E-state index in [4.69, 9.17) is 10.2 Å². The Morgan fingerprint density at radius 2 is 1.93 bits per heavy atom. The second-order valence-corrected chi connectivity index (χ2v) is 7.81. The molecule has 1 aromatic heterocycles. The minimum absolute atomic E-state index is 0.00825. The zero-order chi connectivity index (χ0) is 18.8. The zero-order valence-electron chi connectivity index (χ0n) is 15.7. The highest BCUT2D eigenvalue weighted by Crippen LogP contribution is 2.23. The number of oxazole rings is 1. The van der Waals surface area contributed by atoms with Crippen LogP contribution in [0.3, 0.4) is 0 Å². The first kappa shape index (κ1) is 18.3. The van der Waals surface area contributed by atoms with Crippen LogP contribution in [-0.2, 0) is 11.2 Å². The Labute approximate surface area is 158 Å². The van der Waals surface area contributed by atoms with E-state index in [1.807, 2.05) is 11.0 Å². The topological polar surface area (TPSA) is 95.6 Å². The van der Waals surface area contributed by atoms with Crippen LogP contribution in [0.2, 0.25) is 0 Å². The summed E-state index contributed by atoms with van der Waals surface area (Å²) in [7, 11) is 0. The Morgan fingerprint density at radius 1 is 1.19 bits per heavy atom. The molecule has 0 spiro atoms. The smallest absolute Gasteiger partial charge is 0.408 e. The maximum atomic E-state index is 12.8. The molecular formula is C20H28N4O3. The van der Waals surface area contributed by atoms with Crippen molar-refractivity contribution in [3.63, 3.8) is 0 Å². The van der Waals surface area contributed by atoms with Crippen LogP contribution in [0.25, 0.3) is 11.1 Å². The number of carbonyl (C=O) groups is 1. The number of nitrogens with two attached hydrogens (primary N) is 1. The number of rotatable bonds is 4. The average Bonchev–Trinajstić information content (AvgIpc) is 3.07. The van der Waals surface area contributed by atoms with Gasteiger partial charge < -0.3 is 15.1 Å². The van der Waals surface area contributed by atoms with Gasteiger partial charge in [0.25, 0.3) is 0 Å². The van der Waals surface area contributed by atoms with E-state index in [-0.39, 0.29) is 5.91 Å². The first-order valence-corrected chi connectivity index (χ1v) is 10.0. The fourth-order valence-electron chi connectivity index (χ4n) is 4.45. The van der Waals surface area contributed by atoms with Crippen LogP contribution in [0, 0.1) is 0 Å². The monoisotopic (exact) mass is 372 g/mol. The molecule has 1 aliphatic heterocycles. The molecule has 146 valence electrons. The summed E-state index contributed by atoms with van der Waals surface area (Å²) in [6.45, 7) is 3.41. The van der Waals surface area contributed by atoms with E-state index in [1.54, 1.807) is 12.1 Å². The first-order valence-electron chi connectivity index (χ1n) is 10.0. The van der Waals surface area contributed by atoms with Gasteiger partial charge in [0.15, 0.2) is 5.58 Å². The van der Waals surface area contributed by atoms with E-state index in [0.717, 1.165) is 31.7 Å². The van der Waals surface area contributed by atoms with E-state index in [2.05, 4.69) is 9.88 Å². The molecule has 1 aromatic carbocycles. The molecule has 7 nitrogen and oxygen atoms in total. The summed E-state index contributed by atoms with van der Waals surface area (Å²) in [4.78, 5) is 31.1. The highest BCUT2D eigenvalue weighted by molar-refractivity contribution is 5.82. The van der Waals surface area contributed by atoms with E-state index < -0.39 is 11.8 Å². The van der Waals surface area contributed by atoms with Crippen LogP contribution in [0.15, 0.2) is 27.4 Å². The molecule has 3 N–H and O–H groups in total. The molecule has 2 aliphatic rings. The Balaban J connectivity index is 1.32. The van der Waals surface area contributed by atoms with Gasteiger partial charge in [-0.3, -0.25) is 14.7 Å². The van der Waals surface area contributed by atoms with Crippen LogP contribution in [0.4, 0.5) is 0 Å². The fourth-order valence-corrected chi connectivity index (χ4v) is 4.45. The molecule has 2 heterocycles. The molecule has 1 atom stereocenters. The number of hydrogen-bond acceptors (Lipinski definition) is 5. The number of nitrogens with zero attached hydrogens (tertiary/aromatic N) is 2. The van der Waals surface area contributed by atoms with Crippen molar-refractivity contribution in [2.75, 3.05) is 26.2 Å². The largest absolute Gasteiger partial charge is 0.417 e. The van der Waals surface area contributed by atoms with Crippen molar-refractivity contribution in [3.05, 3.63) is 34.3 Å². The number of piperazine rings is 1. The summed E-state index contributed by atoms with van der Waals surface area (Å²) in [5.74, 6) is -0.465.